The predicted octanol–water partition coefficient (Wildman–Crippen LogP) is 3.00. The molecule has 1 fully saturated rings. The van der Waals surface area contributed by atoms with Gasteiger partial charge in [0.25, 0.3) is 0 Å². The molecule has 0 aliphatic carbocycles. The van der Waals surface area contributed by atoms with Crippen LogP contribution in [0.2, 0.25) is 0 Å². The maximum absolute atomic E-state index is 4.80. The zero-order valence-corrected chi connectivity index (χ0v) is 15.9. The Balaban J connectivity index is 1.53. The summed E-state index contributed by atoms with van der Waals surface area (Å²) in [4.78, 5) is 8.56. The molecule has 2 heterocycles. The van der Waals surface area contributed by atoms with E-state index in [9.17, 15) is 0 Å². The molecule has 1 aliphatic heterocycles. The van der Waals surface area contributed by atoms with Crippen molar-refractivity contribution in [1.29, 1.82) is 0 Å². The number of aryl methyl sites for hydroxylation is 1. The number of rotatable bonds is 6. The molecule has 25 heavy (non-hydrogen) atoms. The Hall–Kier alpha value is -1.95. The lowest BCUT2D eigenvalue weighted by molar-refractivity contribution is 0.474. The van der Waals surface area contributed by atoms with E-state index in [1.807, 2.05) is 35.9 Å². The summed E-state index contributed by atoms with van der Waals surface area (Å²) in [6.07, 6.45) is 5.14. The van der Waals surface area contributed by atoms with Gasteiger partial charge in [0.05, 0.1) is 12.7 Å². The predicted molar refractivity (Wildman–Crippen MR) is 105 cm³/mol. The van der Waals surface area contributed by atoms with Gasteiger partial charge in [-0.1, -0.05) is 18.2 Å². The number of hydrogen-bond acceptors (Lipinski definition) is 3. The zero-order chi connectivity index (χ0) is 17.5. The van der Waals surface area contributed by atoms with Gasteiger partial charge in [0, 0.05) is 49.1 Å². The SMILES string of the molecule is CCNC(=NCc1cnn(C)c1)N1CCC(CSc2ccccc2)C1. The van der Waals surface area contributed by atoms with Crippen molar-refractivity contribution < 1.29 is 0 Å². The second-order valence-electron chi connectivity index (χ2n) is 6.42. The third kappa shape index (κ3) is 5.26. The summed E-state index contributed by atoms with van der Waals surface area (Å²) in [6.45, 7) is 5.86. The van der Waals surface area contributed by atoms with E-state index in [-0.39, 0.29) is 0 Å². The average Bonchev–Trinajstić information content (AvgIpc) is 3.27. The van der Waals surface area contributed by atoms with Crippen molar-refractivity contribution in [3.63, 3.8) is 0 Å². The minimum atomic E-state index is 0.677. The maximum Gasteiger partial charge on any atom is 0.194 e. The van der Waals surface area contributed by atoms with Gasteiger partial charge in [-0.15, -0.1) is 11.8 Å². The van der Waals surface area contributed by atoms with Gasteiger partial charge in [-0.3, -0.25) is 4.68 Å². The Kier molecular flexibility index (Phi) is 6.39. The van der Waals surface area contributed by atoms with Crippen LogP contribution in [0.25, 0.3) is 0 Å². The lowest BCUT2D eigenvalue weighted by Crippen LogP contribution is -2.40. The molecule has 1 aromatic carbocycles. The summed E-state index contributed by atoms with van der Waals surface area (Å²) >= 11 is 1.96. The topological polar surface area (TPSA) is 45.5 Å². The average molecular weight is 358 g/mol. The number of benzene rings is 1. The lowest BCUT2D eigenvalue weighted by Gasteiger charge is -2.21. The molecule has 1 saturated heterocycles. The first kappa shape index (κ1) is 17.9. The summed E-state index contributed by atoms with van der Waals surface area (Å²) in [7, 11) is 1.94. The van der Waals surface area contributed by atoms with E-state index in [0.717, 1.165) is 31.2 Å². The molecule has 0 bridgehead atoms. The van der Waals surface area contributed by atoms with Gasteiger partial charge < -0.3 is 10.2 Å². The van der Waals surface area contributed by atoms with Crippen LogP contribution in [0.1, 0.15) is 18.9 Å². The lowest BCUT2D eigenvalue weighted by atomic mass is 10.2. The number of thioether (sulfide) groups is 1. The Morgan fingerprint density at radius 1 is 1.36 bits per heavy atom. The number of aliphatic imine (C=N–C) groups is 1. The summed E-state index contributed by atoms with van der Waals surface area (Å²) in [5.41, 5.74) is 1.15. The van der Waals surface area contributed by atoms with Crippen LogP contribution in [-0.4, -0.2) is 46.0 Å². The van der Waals surface area contributed by atoms with Gasteiger partial charge >= 0.3 is 0 Å². The largest absolute Gasteiger partial charge is 0.357 e. The third-order valence-electron chi connectivity index (χ3n) is 4.32. The Labute approximate surface area is 154 Å². The number of guanidine groups is 1. The maximum atomic E-state index is 4.80. The van der Waals surface area contributed by atoms with Crippen molar-refractivity contribution in [2.45, 2.75) is 24.8 Å². The van der Waals surface area contributed by atoms with Crippen LogP contribution in [0.5, 0.6) is 0 Å². The van der Waals surface area contributed by atoms with Crippen molar-refractivity contribution in [2.24, 2.45) is 18.0 Å². The minimum Gasteiger partial charge on any atom is -0.357 e. The smallest absolute Gasteiger partial charge is 0.194 e. The highest BCUT2D eigenvalue weighted by Crippen LogP contribution is 2.25. The van der Waals surface area contributed by atoms with E-state index in [4.69, 9.17) is 4.99 Å². The summed E-state index contributed by atoms with van der Waals surface area (Å²) in [6, 6.07) is 10.7. The molecule has 0 spiro atoms. The van der Waals surface area contributed by atoms with Gasteiger partial charge in [-0.05, 0) is 31.4 Å². The number of nitrogens with one attached hydrogen (secondary N) is 1. The van der Waals surface area contributed by atoms with Crippen molar-refractivity contribution in [3.05, 3.63) is 48.3 Å². The van der Waals surface area contributed by atoms with Crippen LogP contribution < -0.4 is 5.32 Å². The van der Waals surface area contributed by atoms with E-state index in [0.29, 0.717) is 12.5 Å². The molecule has 5 nitrogen and oxygen atoms in total. The van der Waals surface area contributed by atoms with Crippen LogP contribution in [-0.2, 0) is 13.6 Å². The van der Waals surface area contributed by atoms with E-state index < -0.39 is 0 Å². The van der Waals surface area contributed by atoms with Crippen molar-refractivity contribution >= 4 is 17.7 Å². The van der Waals surface area contributed by atoms with Gasteiger partial charge in [0.15, 0.2) is 5.96 Å². The third-order valence-corrected chi connectivity index (χ3v) is 5.56. The Morgan fingerprint density at radius 3 is 2.92 bits per heavy atom. The Morgan fingerprint density at radius 2 is 2.20 bits per heavy atom. The van der Waals surface area contributed by atoms with Gasteiger partial charge in [-0.25, -0.2) is 4.99 Å². The number of likely N-dealkylation sites (tertiary alicyclic amines) is 1. The Bertz CT molecular complexity index is 682. The standard InChI is InChI=1S/C19H27N5S/c1-3-20-19(21-11-17-12-22-23(2)13-17)24-10-9-16(14-24)15-25-18-7-5-4-6-8-18/h4-8,12-13,16H,3,9-11,14-15H2,1-2H3,(H,20,21). The van der Waals surface area contributed by atoms with E-state index in [1.165, 1.54) is 17.1 Å². The first-order valence-electron chi connectivity index (χ1n) is 8.93. The molecule has 1 unspecified atom stereocenters. The molecule has 1 N–H and O–H groups in total. The highest BCUT2D eigenvalue weighted by molar-refractivity contribution is 7.99. The van der Waals surface area contributed by atoms with Crippen LogP contribution in [0.4, 0.5) is 0 Å². The molecule has 134 valence electrons. The molecule has 6 heteroatoms. The second kappa shape index (κ2) is 8.94. The van der Waals surface area contributed by atoms with Crippen LogP contribution >= 0.6 is 11.8 Å². The molecule has 0 amide bonds. The van der Waals surface area contributed by atoms with E-state index in [1.54, 1.807) is 0 Å². The molecule has 1 aromatic heterocycles. The fourth-order valence-corrected chi connectivity index (χ4v) is 4.09. The fourth-order valence-electron chi connectivity index (χ4n) is 3.04. The van der Waals surface area contributed by atoms with Crippen molar-refractivity contribution in [2.75, 3.05) is 25.4 Å². The van der Waals surface area contributed by atoms with Gasteiger partial charge in [0.2, 0.25) is 0 Å². The fraction of sp³-hybridized carbons (Fsp3) is 0.474. The number of hydrogen-bond donors (Lipinski definition) is 1. The van der Waals surface area contributed by atoms with Crippen LogP contribution in [0.15, 0.2) is 52.6 Å². The molecular weight excluding hydrogens is 330 g/mol. The molecule has 1 atom stereocenters. The molecule has 0 saturated carbocycles. The molecular formula is C19H27N5S. The first-order valence-corrected chi connectivity index (χ1v) is 9.91. The van der Waals surface area contributed by atoms with Gasteiger partial charge in [-0.2, -0.15) is 5.10 Å². The van der Waals surface area contributed by atoms with Crippen LogP contribution in [0, 0.1) is 5.92 Å². The van der Waals surface area contributed by atoms with Crippen molar-refractivity contribution in [3.8, 4) is 0 Å². The molecule has 3 rings (SSSR count). The van der Waals surface area contributed by atoms with Gasteiger partial charge in [0.1, 0.15) is 0 Å². The van der Waals surface area contributed by atoms with E-state index in [2.05, 4.69) is 52.6 Å². The summed E-state index contributed by atoms with van der Waals surface area (Å²) < 4.78 is 1.82. The van der Waals surface area contributed by atoms with Crippen molar-refractivity contribution in [1.82, 2.24) is 20.0 Å². The molecule has 1 aliphatic rings. The van der Waals surface area contributed by atoms with Crippen LogP contribution in [0.3, 0.4) is 0 Å². The monoisotopic (exact) mass is 357 g/mol. The zero-order valence-electron chi connectivity index (χ0n) is 15.1. The summed E-state index contributed by atoms with van der Waals surface area (Å²) in [5.74, 6) is 2.91. The molecule has 0 radical (unpaired) electrons. The second-order valence-corrected chi connectivity index (χ2v) is 7.51. The van der Waals surface area contributed by atoms with E-state index >= 15 is 0 Å². The highest BCUT2D eigenvalue weighted by Gasteiger charge is 2.24. The molecule has 2 aromatic rings. The summed E-state index contributed by atoms with van der Waals surface area (Å²) in [5, 5.41) is 7.65. The number of nitrogens with zero attached hydrogens (tertiary/aromatic N) is 4. The first-order chi connectivity index (χ1) is 12.2. The number of aromatic nitrogens is 2. The minimum absolute atomic E-state index is 0.677. The quantitative estimate of drug-likeness (QED) is 0.490. The highest BCUT2D eigenvalue weighted by atomic mass is 32.2. The normalized spacial score (nSPS) is 17.9.